The van der Waals surface area contributed by atoms with Gasteiger partial charge in [0.2, 0.25) is 5.91 Å². The maximum absolute atomic E-state index is 12.5. The maximum atomic E-state index is 12.5. The lowest BCUT2D eigenvalue weighted by Gasteiger charge is -2.13. The van der Waals surface area contributed by atoms with Crippen molar-refractivity contribution in [2.24, 2.45) is 0 Å². The van der Waals surface area contributed by atoms with Gasteiger partial charge in [0.1, 0.15) is 4.70 Å². The number of fused-ring (bicyclic) bond motifs is 1. The summed E-state index contributed by atoms with van der Waals surface area (Å²) in [5.41, 5.74) is 0.707. The largest absolute Gasteiger partial charge is 0.353 e. The topological polar surface area (TPSA) is 64.0 Å². The van der Waals surface area contributed by atoms with Crippen LogP contribution in [0.5, 0.6) is 0 Å². The number of aromatic nitrogens is 2. The lowest BCUT2D eigenvalue weighted by Crippen LogP contribution is -2.33. The summed E-state index contributed by atoms with van der Waals surface area (Å²) in [5.74, 6) is 0.248. The summed E-state index contributed by atoms with van der Waals surface area (Å²) in [6.07, 6.45) is 1.75. The Morgan fingerprint density at radius 2 is 2.27 bits per heavy atom. The molecule has 0 saturated carbocycles. The van der Waals surface area contributed by atoms with Gasteiger partial charge in [-0.2, -0.15) is 0 Å². The Kier molecular flexibility index (Phi) is 6.02. The highest BCUT2D eigenvalue weighted by Gasteiger charge is 2.14. The van der Waals surface area contributed by atoms with E-state index in [0.29, 0.717) is 21.9 Å². The summed E-state index contributed by atoms with van der Waals surface area (Å²) >= 11 is 2.74. The number of nitrogens with zero attached hydrogens (tertiary/aromatic N) is 2. The number of rotatable bonds is 7. The van der Waals surface area contributed by atoms with Crippen molar-refractivity contribution >= 4 is 39.2 Å². The number of amides is 1. The van der Waals surface area contributed by atoms with Crippen LogP contribution in [0.4, 0.5) is 0 Å². The third-order valence-electron chi connectivity index (χ3n) is 3.33. The minimum absolute atomic E-state index is 0.00770. The predicted octanol–water partition coefficient (Wildman–Crippen LogP) is 2.87. The second-order valence-corrected chi connectivity index (χ2v) is 7.01. The normalized spacial score (nSPS) is 12.5. The highest BCUT2D eigenvalue weighted by Crippen LogP contribution is 2.21. The van der Waals surface area contributed by atoms with Crippen LogP contribution in [-0.4, -0.2) is 27.3 Å². The van der Waals surface area contributed by atoms with Gasteiger partial charge in [-0.1, -0.05) is 25.6 Å². The number of thioether (sulfide) groups is 1. The Bertz CT molecular complexity index is 708. The first-order valence-electron chi connectivity index (χ1n) is 7.47. The van der Waals surface area contributed by atoms with Crippen LogP contribution < -0.4 is 10.9 Å². The van der Waals surface area contributed by atoms with E-state index >= 15 is 0 Å². The van der Waals surface area contributed by atoms with E-state index in [1.165, 1.54) is 23.1 Å². The monoisotopic (exact) mass is 339 g/mol. The van der Waals surface area contributed by atoms with E-state index < -0.39 is 0 Å². The molecule has 1 atom stereocenters. The lowest BCUT2D eigenvalue weighted by atomic mass is 10.3. The zero-order chi connectivity index (χ0) is 16.1. The van der Waals surface area contributed by atoms with Crippen molar-refractivity contribution < 1.29 is 4.79 Å². The molecule has 1 unspecified atom stereocenters. The zero-order valence-electron chi connectivity index (χ0n) is 13.1. The molecule has 0 aliphatic heterocycles. The van der Waals surface area contributed by atoms with Crippen LogP contribution in [0.25, 0.3) is 10.2 Å². The van der Waals surface area contributed by atoms with Crippen LogP contribution in [0.3, 0.4) is 0 Å². The van der Waals surface area contributed by atoms with Crippen LogP contribution >= 0.6 is 23.1 Å². The van der Waals surface area contributed by atoms with E-state index in [1.54, 1.807) is 4.57 Å². The number of hydrogen-bond donors (Lipinski definition) is 1. The van der Waals surface area contributed by atoms with Crippen molar-refractivity contribution in [1.29, 1.82) is 0 Å². The molecular formula is C15H21N3O2S2. The smallest absolute Gasteiger partial charge is 0.272 e. The van der Waals surface area contributed by atoms with Crippen LogP contribution in [0, 0.1) is 0 Å². The summed E-state index contributed by atoms with van der Waals surface area (Å²) < 4.78 is 2.36. The van der Waals surface area contributed by atoms with Crippen molar-refractivity contribution in [2.75, 3.05) is 5.75 Å². The molecule has 2 aromatic heterocycles. The van der Waals surface area contributed by atoms with Crippen LogP contribution in [0.1, 0.15) is 33.6 Å². The first kappa shape index (κ1) is 17.0. The Morgan fingerprint density at radius 3 is 2.95 bits per heavy atom. The Labute approximate surface area is 138 Å². The zero-order valence-corrected chi connectivity index (χ0v) is 14.7. The van der Waals surface area contributed by atoms with E-state index in [-0.39, 0.29) is 23.3 Å². The molecule has 2 aromatic rings. The molecule has 120 valence electrons. The molecule has 5 nitrogen and oxygen atoms in total. The van der Waals surface area contributed by atoms with E-state index in [1.807, 2.05) is 32.2 Å². The summed E-state index contributed by atoms with van der Waals surface area (Å²) in [6, 6.07) is 2.01. The molecule has 1 amide bonds. The molecule has 2 rings (SSSR count). The Morgan fingerprint density at radius 1 is 1.50 bits per heavy atom. The summed E-state index contributed by atoms with van der Waals surface area (Å²) in [5, 5.41) is 5.42. The average Bonchev–Trinajstić information content (AvgIpc) is 2.97. The van der Waals surface area contributed by atoms with Gasteiger partial charge in [0, 0.05) is 12.6 Å². The molecule has 0 fully saturated rings. The molecule has 0 saturated heterocycles. The standard InChI is InChI=1S/C15H21N3O2S2/c1-4-7-18-14(20)13-11(6-8-21-13)17-15(18)22-9-12(19)16-10(3)5-2/h6,8,10H,4-5,7,9H2,1-3H3,(H,16,19). The molecule has 7 heteroatoms. The van der Waals surface area contributed by atoms with E-state index in [9.17, 15) is 9.59 Å². The van der Waals surface area contributed by atoms with Crippen molar-refractivity contribution in [2.45, 2.75) is 51.4 Å². The van der Waals surface area contributed by atoms with Gasteiger partial charge in [-0.25, -0.2) is 4.98 Å². The molecule has 22 heavy (non-hydrogen) atoms. The quantitative estimate of drug-likeness (QED) is 0.622. The molecule has 0 bridgehead atoms. The number of thiophene rings is 1. The number of carbonyl (C=O) groups excluding carboxylic acids is 1. The van der Waals surface area contributed by atoms with Crippen molar-refractivity contribution in [3.63, 3.8) is 0 Å². The minimum atomic E-state index is -0.0259. The Hall–Kier alpha value is -1.34. The van der Waals surface area contributed by atoms with Gasteiger partial charge < -0.3 is 5.32 Å². The van der Waals surface area contributed by atoms with Gasteiger partial charge in [0.15, 0.2) is 5.16 Å². The summed E-state index contributed by atoms with van der Waals surface area (Å²) in [6.45, 7) is 6.65. The molecule has 0 aromatic carbocycles. The van der Waals surface area contributed by atoms with Crippen LogP contribution in [-0.2, 0) is 11.3 Å². The third kappa shape index (κ3) is 3.89. The first-order chi connectivity index (χ1) is 10.6. The predicted molar refractivity (Wildman–Crippen MR) is 92.8 cm³/mol. The molecule has 0 radical (unpaired) electrons. The van der Waals surface area contributed by atoms with Crippen LogP contribution in [0.15, 0.2) is 21.4 Å². The lowest BCUT2D eigenvalue weighted by molar-refractivity contribution is -0.119. The summed E-state index contributed by atoms with van der Waals surface area (Å²) in [4.78, 5) is 28.9. The van der Waals surface area contributed by atoms with Gasteiger partial charge >= 0.3 is 0 Å². The van der Waals surface area contributed by atoms with Gasteiger partial charge in [0.25, 0.3) is 5.56 Å². The minimum Gasteiger partial charge on any atom is -0.353 e. The van der Waals surface area contributed by atoms with Crippen molar-refractivity contribution in [1.82, 2.24) is 14.9 Å². The molecule has 1 N–H and O–H groups in total. The third-order valence-corrected chi connectivity index (χ3v) is 5.20. The van der Waals surface area contributed by atoms with E-state index in [4.69, 9.17) is 0 Å². The fourth-order valence-electron chi connectivity index (χ4n) is 2.00. The second-order valence-electron chi connectivity index (χ2n) is 5.15. The number of carbonyl (C=O) groups is 1. The van der Waals surface area contributed by atoms with Gasteiger partial charge in [-0.3, -0.25) is 14.2 Å². The Balaban J connectivity index is 2.20. The molecule has 0 aliphatic carbocycles. The van der Waals surface area contributed by atoms with Crippen molar-refractivity contribution in [3.05, 3.63) is 21.8 Å². The number of nitrogens with one attached hydrogen (secondary N) is 1. The molecule has 0 aliphatic rings. The van der Waals surface area contributed by atoms with Gasteiger partial charge in [-0.05, 0) is 31.2 Å². The first-order valence-corrected chi connectivity index (χ1v) is 9.33. The van der Waals surface area contributed by atoms with Gasteiger partial charge in [0.05, 0.1) is 11.3 Å². The fourth-order valence-corrected chi connectivity index (χ4v) is 3.62. The fraction of sp³-hybridized carbons (Fsp3) is 0.533. The molecular weight excluding hydrogens is 318 g/mol. The van der Waals surface area contributed by atoms with Crippen LogP contribution in [0.2, 0.25) is 0 Å². The van der Waals surface area contributed by atoms with Crippen molar-refractivity contribution in [3.8, 4) is 0 Å². The highest BCUT2D eigenvalue weighted by molar-refractivity contribution is 7.99. The molecule has 0 spiro atoms. The van der Waals surface area contributed by atoms with Gasteiger partial charge in [-0.15, -0.1) is 11.3 Å². The average molecular weight is 339 g/mol. The van der Waals surface area contributed by atoms with E-state index in [2.05, 4.69) is 10.3 Å². The highest BCUT2D eigenvalue weighted by atomic mass is 32.2. The van der Waals surface area contributed by atoms with E-state index in [0.717, 1.165) is 12.8 Å². The number of hydrogen-bond acceptors (Lipinski definition) is 5. The summed E-state index contributed by atoms with van der Waals surface area (Å²) in [7, 11) is 0. The maximum Gasteiger partial charge on any atom is 0.272 e. The second kappa shape index (κ2) is 7.78. The molecule has 2 heterocycles. The SMILES string of the molecule is CCCn1c(SCC(=O)NC(C)CC)nc2ccsc2c1=O.